The van der Waals surface area contributed by atoms with Crippen molar-refractivity contribution in [3.05, 3.63) is 0 Å². The Hall–Kier alpha value is -0.810. The molecule has 0 aromatic heterocycles. The first-order valence-electron chi connectivity index (χ1n) is 9.06. The van der Waals surface area contributed by atoms with E-state index in [1.165, 1.54) is 38.9 Å². The van der Waals surface area contributed by atoms with E-state index in [1.807, 2.05) is 11.8 Å². The van der Waals surface area contributed by atoms with Gasteiger partial charge in [0, 0.05) is 19.1 Å². The molecule has 22 heavy (non-hydrogen) atoms. The van der Waals surface area contributed by atoms with Crippen LogP contribution in [0.25, 0.3) is 0 Å². The molecule has 2 aliphatic heterocycles. The number of hydrogen-bond acceptors (Lipinski definition) is 4. The van der Waals surface area contributed by atoms with Crippen LogP contribution in [0.1, 0.15) is 46.0 Å². The third kappa shape index (κ3) is 5.76. The van der Waals surface area contributed by atoms with E-state index < -0.39 is 0 Å². The summed E-state index contributed by atoms with van der Waals surface area (Å²) in [6, 6.07) is 0.562. The molecule has 2 rings (SSSR count). The van der Waals surface area contributed by atoms with Gasteiger partial charge in [-0.05, 0) is 71.1 Å². The van der Waals surface area contributed by atoms with Crippen molar-refractivity contribution in [2.45, 2.75) is 52.0 Å². The Bertz CT molecular complexity index is 322. The molecule has 0 aromatic rings. The SMILES string of the molecule is CCOC(=O)N1CCC(NCCCN2CCC(C)CC2)CC1. The number of likely N-dealkylation sites (tertiary alicyclic amines) is 2. The average molecular weight is 311 g/mol. The molecule has 0 bridgehead atoms. The van der Waals surface area contributed by atoms with Crippen molar-refractivity contribution in [1.82, 2.24) is 15.1 Å². The van der Waals surface area contributed by atoms with Crippen molar-refractivity contribution in [3.8, 4) is 0 Å². The predicted molar refractivity (Wildman–Crippen MR) is 89.1 cm³/mol. The second-order valence-electron chi connectivity index (χ2n) is 6.79. The van der Waals surface area contributed by atoms with Crippen LogP contribution >= 0.6 is 0 Å². The zero-order chi connectivity index (χ0) is 15.8. The number of rotatable bonds is 6. The topological polar surface area (TPSA) is 44.8 Å². The monoisotopic (exact) mass is 311 g/mol. The highest BCUT2D eigenvalue weighted by Gasteiger charge is 2.23. The molecule has 2 fully saturated rings. The van der Waals surface area contributed by atoms with Crippen molar-refractivity contribution in [2.75, 3.05) is 45.9 Å². The van der Waals surface area contributed by atoms with Gasteiger partial charge in [0.25, 0.3) is 0 Å². The van der Waals surface area contributed by atoms with Gasteiger partial charge >= 0.3 is 6.09 Å². The van der Waals surface area contributed by atoms with Gasteiger partial charge in [0.1, 0.15) is 0 Å². The number of ether oxygens (including phenoxy) is 1. The molecular weight excluding hydrogens is 278 g/mol. The van der Waals surface area contributed by atoms with Gasteiger partial charge in [-0.3, -0.25) is 0 Å². The summed E-state index contributed by atoms with van der Waals surface area (Å²) in [4.78, 5) is 16.1. The molecular formula is C17H33N3O2. The van der Waals surface area contributed by atoms with Gasteiger partial charge < -0.3 is 19.9 Å². The highest BCUT2D eigenvalue weighted by atomic mass is 16.6. The first-order chi connectivity index (χ1) is 10.7. The van der Waals surface area contributed by atoms with Crippen LogP contribution < -0.4 is 5.32 Å². The molecule has 2 saturated heterocycles. The summed E-state index contributed by atoms with van der Waals surface area (Å²) in [5, 5.41) is 3.66. The normalized spacial score (nSPS) is 22.0. The number of piperidine rings is 2. The summed E-state index contributed by atoms with van der Waals surface area (Å²) in [6.45, 7) is 11.2. The molecule has 1 N–H and O–H groups in total. The predicted octanol–water partition coefficient (Wildman–Crippen LogP) is 2.32. The lowest BCUT2D eigenvalue weighted by Crippen LogP contribution is -2.45. The Morgan fingerprint density at radius 2 is 1.82 bits per heavy atom. The highest BCUT2D eigenvalue weighted by Crippen LogP contribution is 2.16. The molecule has 5 heteroatoms. The average Bonchev–Trinajstić information content (AvgIpc) is 2.54. The van der Waals surface area contributed by atoms with Crippen LogP contribution in [0.3, 0.4) is 0 Å². The smallest absolute Gasteiger partial charge is 0.409 e. The molecule has 0 unspecified atom stereocenters. The molecule has 0 spiro atoms. The lowest BCUT2D eigenvalue weighted by atomic mass is 9.99. The van der Waals surface area contributed by atoms with Crippen LogP contribution in [-0.4, -0.2) is 67.8 Å². The molecule has 0 atom stereocenters. The first-order valence-corrected chi connectivity index (χ1v) is 9.06. The van der Waals surface area contributed by atoms with E-state index in [9.17, 15) is 4.79 Å². The van der Waals surface area contributed by atoms with Gasteiger partial charge in [0.05, 0.1) is 6.61 Å². The Morgan fingerprint density at radius 1 is 1.14 bits per heavy atom. The van der Waals surface area contributed by atoms with Gasteiger partial charge in [0.2, 0.25) is 0 Å². The Labute approximate surface area is 135 Å². The second kappa shape index (κ2) is 9.36. The van der Waals surface area contributed by atoms with Crippen LogP contribution in [0.4, 0.5) is 4.79 Å². The van der Waals surface area contributed by atoms with Gasteiger partial charge in [0.15, 0.2) is 0 Å². The van der Waals surface area contributed by atoms with Crippen molar-refractivity contribution >= 4 is 6.09 Å². The standard InChI is InChI=1S/C17H33N3O2/c1-3-22-17(21)20-13-7-16(8-14-20)18-9-4-10-19-11-5-15(2)6-12-19/h15-16,18H,3-14H2,1-2H3. The largest absolute Gasteiger partial charge is 0.450 e. The summed E-state index contributed by atoms with van der Waals surface area (Å²) in [6.07, 6.45) is 5.88. The molecule has 0 saturated carbocycles. The summed E-state index contributed by atoms with van der Waals surface area (Å²) in [5.41, 5.74) is 0. The minimum absolute atomic E-state index is 0.153. The Kier molecular flexibility index (Phi) is 7.46. The summed E-state index contributed by atoms with van der Waals surface area (Å²) in [7, 11) is 0. The molecule has 2 heterocycles. The van der Waals surface area contributed by atoms with Gasteiger partial charge in [-0.15, -0.1) is 0 Å². The number of carbonyl (C=O) groups is 1. The molecule has 128 valence electrons. The fourth-order valence-corrected chi connectivity index (χ4v) is 3.38. The second-order valence-corrected chi connectivity index (χ2v) is 6.79. The van der Waals surface area contributed by atoms with Crippen molar-refractivity contribution in [3.63, 3.8) is 0 Å². The van der Waals surface area contributed by atoms with E-state index in [0.29, 0.717) is 12.6 Å². The molecule has 0 aromatic carbocycles. The van der Waals surface area contributed by atoms with Gasteiger partial charge in [-0.1, -0.05) is 6.92 Å². The molecule has 2 aliphatic rings. The highest BCUT2D eigenvalue weighted by molar-refractivity contribution is 5.67. The van der Waals surface area contributed by atoms with E-state index in [1.54, 1.807) is 0 Å². The molecule has 0 radical (unpaired) electrons. The summed E-state index contributed by atoms with van der Waals surface area (Å²) in [5.74, 6) is 0.916. The van der Waals surface area contributed by atoms with Crippen LogP contribution in [0, 0.1) is 5.92 Å². The van der Waals surface area contributed by atoms with Crippen LogP contribution in [-0.2, 0) is 4.74 Å². The summed E-state index contributed by atoms with van der Waals surface area (Å²) < 4.78 is 5.05. The molecule has 5 nitrogen and oxygen atoms in total. The summed E-state index contributed by atoms with van der Waals surface area (Å²) >= 11 is 0. The number of nitrogens with one attached hydrogen (secondary N) is 1. The first kappa shape index (κ1) is 17.5. The lowest BCUT2D eigenvalue weighted by Gasteiger charge is -2.32. The van der Waals surface area contributed by atoms with E-state index in [0.717, 1.165) is 38.4 Å². The quantitative estimate of drug-likeness (QED) is 0.765. The molecule has 0 aliphatic carbocycles. The van der Waals surface area contributed by atoms with Crippen LogP contribution in [0.5, 0.6) is 0 Å². The maximum Gasteiger partial charge on any atom is 0.409 e. The third-order valence-electron chi connectivity index (χ3n) is 4.98. The van der Waals surface area contributed by atoms with E-state index in [4.69, 9.17) is 4.74 Å². The number of hydrogen-bond donors (Lipinski definition) is 1. The fourth-order valence-electron chi connectivity index (χ4n) is 3.38. The number of amides is 1. The zero-order valence-electron chi connectivity index (χ0n) is 14.4. The molecule has 1 amide bonds. The van der Waals surface area contributed by atoms with Crippen LogP contribution in [0.2, 0.25) is 0 Å². The zero-order valence-corrected chi connectivity index (χ0v) is 14.4. The lowest BCUT2D eigenvalue weighted by molar-refractivity contribution is 0.0950. The third-order valence-corrected chi connectivity index (χ3v) is 4.98. The Balaban J connectivity index is 1.51. The maximum absolute atomic E-state index is 11.6. The van der Waals surface area contributed by atoms with E-state index in [2.05, 4.69) is 17.1 Å². The van der Waals surface area contributed by atoms with Crippen LogP contribution in [0.15, 0.2) is 0 Å². The van der Waals surface area contributed by atoms with Crippen molar-refractivity contribution in [2.24, 2.45) is 5.92 Å². The maximum atomic E-state index is 11.6. The van der Waals surface area contributed by atoms with Gasteiger partial charge in [-0.25, -0.2) is 4.79 Å². The van der Waals surface area contributed by atoms with E-state index >= 15 is 0 Å². The minimum atomic E-state index is -0.153. The minimum Gasteiger partial charge on any atom is -0.450 e. The Morgan fingerprint density at radius 3 is 2.45 bits per heavy atom. The van der Waals surface area contributed by atoms with Gasteiger partial charge in [-0.2, -0.15) is 0 Å². The van der Waals surface area contributed by atoms with Crippen molar-refractivity contribution < 1.29 is 9.53 Å². The number of nitrogens with zero attached hydrogens (tertiary/aromatic N) is 2. The fraction of sp³-hybridized carbons (Fsp3) is 0.941. The number of carbonyl (C=O) groups excluding carboxylic acids is 1. The van der Waals surface area contributed by atoms with Crippen molar-refractivity contribution in [1.29, 1.82) is 0 Å². The van der Waals surface area contributed by atoms with E-state index in [-0.39, 0.29) is 6.09 Å².